The molecule has 1 aromatic carbocycles. The molecule has 2 aliphatic rings. The van der Waals surface area contributed by atoms with Crippen LogP contribution in [0.25, 0.3) is 0 Å². The molecule has 4 heteroatoms. The maximum Gasteiger partial charge on any atom is 0.222 e. The van der Waals surface area contributed by atoms with Gasteiger partial charge in [0.2, 0.25) is 5.91 Å². The van der Waals surface area contributed by atoms with Crippen molar-refractivity contribution >= 4 is 5.91 Å². The second-order valence-electron chi connectivity index (χ2n) is 7.46. The van der Waals surface area contributed by atoms with Gasteiger partial charge in [-0.05, 0) is 36.8 Å². The number of nitrogens with one attached hydrogen (secondary N) is 1. The Morgan fingerprint density at radius 1 is 1.17 bits per heavy atom. The highest BCUT2D eigenvalue weighted by Crippen LogP contribution is 2.30. The van der Waals surface area contributed by atoms with Crippen LogP contribution in [0.5, 0.6) is 0 Å². The summed E-state index contributed by atoms with van der Waals surface area (Å²) in [7, 11) is 0. The van der Waals surface area contributed by atoms with Gasteiger partial charge in [0, 0.05) is 26.2 Å². The van der Waals surface area contributed by atoms with Crippen LogP contribution < -0.4 is 5.32 Å². The van der Waals surface area contributed by atoms with E-state index >= 15 is 0 Å². The van der Waals surface area contributed by atoms with E-state index in [1.165, 1.54) is 17.5 Å². The van der Waals surface area contributed by atoms with Crippen LogP contribution in [-0.4, -0.2) is 41.1 Å². The van der Waals surface area contributed by atoms with Crippen LogP contribution in [0.4, 0.5) is 0 Å². The number of fused-ring (bicyclic) bond motifs is 1. The highest BCUT2D eigenvalue weighted by molar-refractivity contribution is 5.76. The molecule has 132 valence electrons. The van der Waals surface area contributed by atoms with Gasteiger partial charge in [-0.2, -0.15) is 0 Å². The van der Waals surface area contributed by atoms with Crippen LogP contribution >= 0.6 is 0 Å². The number of rotatable bonds is 6. The summed E-state index contributed by atoms with van der Waals surface area (Å²) >= 11 is 0. The summed E-state index contributed by atoms with van der Waals surface area (Å²) in [5, 5.41) is 13.4. The Labute approximate surface area is 145 Å². The molecule has 0 spiro atoms. The first-order chi connectivity index (χ1) is 11.6. The Morgan fingerprint density at radius 2 is 1.92 bits per heavy atom. The molecule has 3 rings (SSSR count). The van der Waals surface area contributed by atoms with E-state index < -0.39 is 5.60 Å². The van der Waals surface area contributed by atoms with Gasteiger partial charge in [-0.1, -0.05) is 43.5 Å². The van der Waals surface area contributed by atoms with Gasteiger partial charge in [0.15, 0.2) is 0 Å². The predicted octanol–water partition coefficient (Wildman–Crippen LogP) is 2.64. The molecule has 1 heterocycles. The molecule has 1 aromatic rings. The summed E-state index contributed by atoms with van der Waals surface area (Å²) in [6, 6.07) is 8.67. The number of amides is 1. The molecule has 0 atom stereocenters. The molecule has 1 aliphatic heterocycles. The molecule has 1 amide bonds. The third-order valence-electron chi connectivity index (χ3n) is 5.46. The van der Waals surface area contributed by atoms with Crippen LogP contribution in [-0.2, 0) is 17.8 Å². The summed E-state index contributed by atoms with van der Waals surface area (Å²) in [5.74, 6) is 0.00314. The zero-order valence-electron chi connectivity index (χ0n) is 14.6. The summed E-state index contributed by atoms with van der Waals surface area (Å²) in [4.78, 5) is 14.5. The monoisotopic (exact) mass is 330 g/mol. The number of hydrogen-bond acceptors (Lipinski definition) is 3. The van der Waals surface area contributed by atoms with Crippen LogP contribution in [0.2, 0.25) is 0 Å². The van der Waals surface area contributed by atoms with Gasteiger partial charge in [-0.15, -0.1) is 0 Å². The predicted molar refractivity (Wildman–Crippen MR) is 95.7 cm³/mol. The fraction of sp³-hybridized carbons (Fsp3) is 0.650. The van der Waals surface area contributed by atoms with Crippen molar-refractivity contribution in [1.82, 2.24) is 10.2 Å². The van der Waals surface area contributed by atoms with E-state index in [1.807, 2.05) is 0 Å². The Morgan fingerprint density at radius 3 is 2.71 bits per heavy atom. The largest absolute Gasteiger partial charge is 0.389 e. The van der Waals surface area contributed by atoms with Crippen molar-refractivity contribution in [1.29, 1.82) is 0 Å². The first-order valence-corrected chi connectivity index (χ1v) is 9.43. The second-order valence-corrected chi connectivity index (χ2v) is 7.46. The number of aliphatic hydroxyl groups is 1. The fourth-order valence-electron chi connectivity index (χ4n) is 4.02. The molecule has 0 saturated heterocycles. The standard InChI is InChI=1S/C20H30N2O2/c23-19(15-20(24)10-4-1-5-11-20)21-12-6-13-22-14-9-17-7-2-3-8-18(17)16-22/h2-3,7-8,24H,1,4-6,9-16H2,(H,21,23). The number of benzene rings is 1. The summed E-state index contributed by atoms with van der Waals surface area (Å²) in [5.41, 5.74) is 2.16. The first kappa shape index (κ1) is 17.4. The van der Waals surface area contributed by atoms with Crippen molar-refractivity contribution in [3.8, 4) is 0 Å². The van der Waals surface area contributed by atoms with E-state index in [4.69, 9.17) is 0 Å². The zero-order valence-corrected chi connectivity index (χ0v) is 14.6. The molecule has 0 bridgehead atoms. The summed E-state index contributed by atoms with van der Waals surface area (Å²) < 4.78 is 0. The third kappa shape index (κ3) is 4.81. The minimum atomic E-state index is -0.751. The Hall–Kier alpha value is -1.39. The van der Waals surface area contributed by atoms with Crippen LogP contribution in [0, 0.1) is 0 Å². The van der Waals surface area contributed by atoms with Gasteiger partial charge >= 0.3 is 0 Å². The van der Waals surface area contributed by atoms with Crippen molar-refractivity contribution in [3.63, 3.8) is 0 Å². The molecule has 4 nitrogen and oxygen atoms in total. The minimum absolute atomic E-state index is 0.00314. The molecule has 0 unspecified atom stereocenters. The summed E-state index contributed by atoms with van der Waals surface area (Å²) in [6.07, 6.45) is 7.16. The Bertz CT molecular complexity index is 552. The average Bonchev–Trinajstić information content (AvgIpc) is 2.59. The van der Waals surface area contributed by atoms with E-state index in [0.717, 1.165) is 58.2 Å². The topological polar surface area (TPSA) is 52.6 Å². The molecule has 1 fully saturated rings. The second kappa shape index (κ2) is 8.13. The van der Waals surface area contributed by atoms with Crippen molar-refractivity contribution in [2.45, 2.75) is 63.5 Å². The maximum atomic E-state index is 12.0. The van der Waals surface area contributed by atoms with Gasteiger partial charge in [0.1, 0.15) is 0 Å². The Kier molecular flexibility index (Phi) is 5.90. The lowest BCUT2D eigenvalue weighted by atomic mass is 9.82. The van der Waals surface area contributed by atoms with Gasteiger partial charge < -0.3 is 10.4 Å². The molecular weight excluding hydrogens is 300 g/mol. The molecule has 1 saturated carbocycles. The van der Waals surface area contributed by atoms with Crippen molar-refractivity contribution in [2.24, 2.45) is 0 Å². The molecule has 24 heavy (non-hydrogen) atoms. The third-order valence-corrected chi connectivity index (χ3v) is 5.46. The van der Waals surface area contributed by atoms with Crippen LogP contribution in [0.3, 0.4) is 0 Å². The molecule has 0 radical (unpaired) electrons. The highest BCUT2D eigenvalue weighted by Gasteiger charge is 2.31. The maximum absolute atomic E-state index is 12.0. The quantitative estimate of drug-likeness (QED) is 0.789. The average molecular weight is 330 g/mol. The molecule has 0 aromatic heterocycles. The van der Waals surface area contributed by atoms with Crippen molar-refractivity contribution in [2.75, 3.05) is 19.6 Å². The van der Waals surface area contributed by atoms with Crippen molar-refractivity contribution < 1.29 is 9.90 Å². The first-order valence-electron chi connectivity index (χ1n) is 9.43. The minimum Gasteiger partial charge on any atom is -0.389 e. The lowest BCUT2D eigenvalue weighted by Gasteiger charge is -2.31. The number of carbonyl (C=O) groups excluding carboxylic acids is 1. The van der Waals surface area contributed by atoms with E-state index in [9.17, 15) is 9.90 Å². The number of carbonyl (C=O) groups is 1. The van der Waals surface area contributed by atoms with E-state index in [0.29, 0.717) is 6.54 Å². The summed E-state index contributed by atoms with van der Waals surface area (Å²) in [6.45, 7) is 3.83. The highest BCUT2D eigenvalue weighted by atomic mass is 16.3. The lowest BCUT2D eigenvalue weighted by molar-refractivity contribution is -0.127. The van der Waals surface area contributed by atoms with Gasteiger partial charge in [-0.3, -0.25) is 9.69 Å². The van der Waals surface area contributed by atoms with E-state index in [-0.39, 0.29) is 12.3 Å². The molecule has 2 N–H and O–H groups in total. The lowest BCUT2D eigenvalue weighted by Crippen LogP contribution is -2.39. The fourth-order valence-corrected chi connectivity index (χ4v) is 4.02. The normalized spacial score (nSPS) is 20.4. The van der Waals surface area contributed by atoms with Crippen LogP contribution in [0.1, 0.15) is 56.1 Å². The van der Waals surface area contributed by atoms with Crippen LogP contribution in [0.15, 0.2) is 24.3 Å². The van der Waals surface area contributed by atoms with E-state index in [1.54, 1.807) is 0 Å². The molecule has 1 aliphatic carbocycles. The zero-order chi connectivity index (χ0) is 16.8. The Balaban J connectivity index is 1.33. The SMILES string of the molecule is O=C(CC1(O)CCCCC1)NCCCN1CCc2ccccc2C1. The van der Waals surface area contributed by atoms with Gasteiger partial charge in [-0.25, -0.2) is 0 Å². The van der Waals surface area contributed by atoms with E-state index in [2.05, 4.69) is 34.5 Å². The number of hydrogen-bond donors (Lipinski definition) is 2. The van der Waals surface area contributed by atoms with Gasteiger partial charge in [0.05, 0.1) is 12.0 Å². The molecular formula is C20H30N2O2. The smallest absolute Gasteiger partial charge is 0.222 e. The number of nitrogens with zero attached hydrogens (tertiary/aromatic N) is 1. The van der Waals surface area contributed by atoms with Gasteiger partial charge in [0.25, 0.3) is 0 Å². The van der Waals surface area contributed by atoms with Crippen molar-refractivity contribution in [3.05, 3.63) is 35.4 Å².